The Morgan fingerprint density at radius 2 is 1.76 bits per heavy atom. The number of rotatable bonds is 13. The molecular formula is C29H39ClN2O. The Labute approximate surface area is 205 Å². The number of nitrogens with zero attached hydrogens (tertiary/aromatic N) is 2. The smallest absolute Gasteiger partial charge is 0.210 e. The number of benzene rings is 1. The van der Waals surface area contributed by atoms with Crippen LogP contribution in [0.2, 0.25) is 0 Å². The standard InChI is InChI=1S/C29H38N2O.ClH/c1-3-5-10-26-21-27-11-6-7-20-31(27)28(26)29(32)25-16-14-23(15-17-25)9-8-19-30(18-4-2)22-24-12-13-24;/h6-7,11,14-17,20-21,24H,3-5,8-10,12-13,18-19,22H2,1-2H3;1H. The van der Waals surface area contributed by atoms with Crippen molar-refractivity contribution in [2.45, 2.75) is 65.2 Å². The van der Waals surface area contributed by atoms with E-state index >= 15 is 0 Å². The second-order valence-corrected chi connectivity index (χ2v) is 9.49. The first-order valence-electron chi connectivity index (χ1n) is 12.6. The number of fused-ring (bicyclic) bond motifs is 1. The quantitative estimate of drug-likeness (QED) is 0.253. The van der Waals surface area contributed by atoms with E-state index in [2.05, 4.69) is 47.4 Å². The summed E-state index contributed by atoms with van der Waals surface area (Å²) in [5, 5.41) is 0. The highest BCUT2D eigenvalue weighted by atomic mass is 35.5. The maximum Gasteiger partial charge on any atom is 0.210 e. The molecule has 33 heavy (non-hydrogen) atoms. The van der Waals surface area contributed by atoms with Crippen LogP contribution in [0.25, 0.3) is 5.52 Å². The number of aromatic nitrogens is 1. The van der Waals surface area contributed by atoms with Crippen molar-refractivity contribution in [1.29, 1.82) is 0 Å². The summed E-state index contributed by atoms with van der Waals surface area (Å²) < 4.78 is 2.06. The number of halogens is 1. The number of hydrogen-bond donors (Lipinski definition) is 0. The van der Waals surface area contributed by atoms with Gasteiger partial charge < -0.3 is 9.30 Å². The Morgan fingerprint density at radius 3 is 2.45 bits per heavy atom. The topological polar surface area (TPSA) is 24.7 Å². The molecule has 0 aliphatic heterocycles. The highest BCUT2D eigenvalue weighted by molar-refractivity contribution is 6.09. The van der Waals surface area contributed by atoms with Gasteiger partial charge in [0.2, 0.25) is 5.78 Å². The lowest BCUT2D eigenvalue weighted by Gasteiger charge is -2.21. The van der Waals surface area contributed by atoms with Gasteiger partial charge in [0, 0.05) is 23.8 Å². The lowest BCUT2D eigenvalue weighted by molar-refractivity contribution is 0.103. The maximum atomic E-state index is 13.5. The van der Waals surface area contributed by atoms with Gasteiger partial charge in [-0.1, -0.05) is 50.6 Å². The van der Waals surface area contributed by atoms with E-state index < -0.39 is 0 Å². The van der Waals surface area contributed by atoms with E-state index in [-0.39, 0.29) is 18.2 Å². The van der Waals surface area contributed by atoms with Gasteiger partial charge in [0.25, 0.3) is 0 Å². The van der Waals surface area contributed by atoms with Crippen molar-refractivity contribution >= 4 is 23.7 Å². The van der Waals surface area contributed by atoms with Gasteiger partial charge in [-0.15, -0.1) is 12.4 Å². The van der Waals surface area contributed by atoms with Gasteiger partial charge in [-0.2, -0.15) is 0 Å². The van der Waals surface area contributed by atoms with E-state index in [4.69, 9.17) is 0 Å². The van der Waals surface area contributed by atoms with Gasteiger partial charge >= 0.3 is 0 Å². The molecule has 1 aliphatic rings. The number of hydrogen-bond acceptors (Lipinski definition) is 2. The molecule has 0 amide bonds. The van der Waals surface area contributed by atoms with Crippen molar-refractivity contribution in [3.05, 3.63) is 77.1 Å². The SMILES string of the molecule is CCCCc1cc2ccccn2c1C(=O)c1ccc(CCCN(CCC)CC2CC2)cc1.Cl. The van der Waals surface area contributed by atoms with Crippen LogP contribution in [0.3, 0.4) is 0 Å². The molecule has 1 saturated carbocycles. The van der Waals surface area contributed by atoms with Crippen LogP contribution in [0.15, 0.2) is 54.7 Å². The number of unbranched alkanes of at least 4 members (excludes halogenated alkanes) is 1. The zero-order chi connectivity index (χ0) is 22.3. The predicted molar refractivity (Wildman–Crippen MR) is 141 cm³/mol. The van der Waals surface area contributed by atoms with Crippen molar-refractivity contribution in [3.63, 3.8) is 0 Å². The monoisotopic (exact) mass is 466 g/mol. The summed E-state index contributed by atoms with van der Waals surface area (Å²) in [6, 6.07) is 16.7. The molecule has 0 saturated heterocycles. The molecule has 178 valence electrons. The molecule has 1 aliphatic carbocycles. The second-order valence-electron chi connectivity index (χ2n) is 9.49. The molecular weight excluding hydrogens is 428 g/mol. The minimum absolute atomic E-state index is 0. The molecule has 3 aromatic rings. The molecule has 0 atom stereocenters. The van der Waals surface area contributed by atoms with Crippen molar-refractivity contribution in [1.82, 2.24) is 9.30 Å². The Hall–Kier alpha value is -2.10. The van der Waals surface area contributed by atoms with E-state index in [0.29, 0.717) is 0 Å². The third-order valence-electron chi connectivity index (χ3n) is 6.68. The summed E-state index contributed by atoms with van der Waals surface area (Å²) in [7, 11) is 0. The van der Waals surface area contributed by atoms with E-state index in [9.17, 15) is 4.79 Å². The Balaban J connectivity index is 0.00000306. The van der Waals surface area contributed by atoms with Crippen molar-refractivity contribution in [2.24, 2.45) is 5.92 Å². The fraction of sp³-hybridized carbons (Fsp3) is 0.483. The zero-order valence-corrected chi connectivity index (χ0v) is 21.1. The molecule has 4 heteroatoms. The van der Waals surface area contributed by atoms with E-state index in [1.54, 1.807) is 0 Å². The van der Waals surface area contributed by atoms with Gasteiger partial charge in [0.05, 0.1) is 5.69 Å². The minimum Gasteiger partial charge on any atom is -0.313 e. The summed E-state index contributed by atoms with van der Waals surface area (Å²) >= 11 is 0. The highest BCUT2D eigenvalue weighted by Gasteiger charge is 2.23. The van der Waals surface area contributed by atoms with E-state index in [0.717, 1.165) is 48.4 Å². The Kier molecular flexibility index (Phi) is 9.58. The third-order valence-corrected chi connectivity index (χ3v) is 6.68. The molecule has 3 nitrogen and oxygen atoms in total. The Morgan fingerprint density at radius 1 is 0.970 bits per heavy atom. The zero-order valence-electron chi connectivity index (χ0n) is 20.3. The summed E-state index contributed by atoms with van der Waals surface area (Å²) in [5.74, 6) is 1.09. The summed E-state index contributed by atoms with van der Waals surface area (Å²) in [4.78, 5) is 16.1. The van der Waals surface area contributed by atoms with E-state index in [1.165, 1.54) is 56.4 Å². The largest absolute Gasteiger partial charge is 0.313 e. The van der Waals surface area contributed by atoms with Crippen molar-refractivity contribution in [3.8, 4) is 0 Å². The summed E-state index contributed by atoms with van der Waals surface area (Å²) in [5.41, 5.74) is 5.21. The number of carbonyl (C=O) groups excluding carboxylic acids is 1. The average molecular weight is 467 g/mol. The average Bonchev–Trinajstić information content (AvgIpc) is 3.55. The molecule has 0 spiro atoms. The van der Waals surface area contributed by atoms with Crippen LogP contribution in [-0.2, 0) is 12.8 Å². The molecule has 4 rings (SSSR count). The lowest BCUT2D eigenvalue weighted by Crippen LogP contribution is -2.28. The van der Waals surface area contributed by atoms with Gasteiger partial charge in [-0.3, -0.25) is 4.79 Å². The number of ketones is 1. The van der Waals surface area contributed by atoms with Gasteiger partial charge in [0.1, 0.15) is 0 Å². The second kappa shape index (κ2) is 12.4. The van der Waals surface area contributed by atoms with E-state index in [1.807, 2.05) is 30.5 Å². The van der Waals surface area contributed by atoms with Crippen LogP contribution in [0.4, 0.5) is 0 Å². The van der Waals surface area contributed by atoms with Crippen LogP contribution in [-0.4, -0.2) is 34.7 Å². The number of pyridine rings is 1. The highest BCUT2D eigenvalue weighted by Crippen LogP contribution is 2.30. The molecule has 1 aromatic carbocycles. The fourth-order valence-electron chi connectivity index (χ4n) is 4.73. The third kappa shape index (κ3) is 6.71. The van der Waals surface area contributed by atoms with Crippen LogP contribution in [0.5, 0.6) is 0 Å². The van der Waals surface area contributed by atoms with Crippen molar-refractivity contribution < 1.29 is 4.79 Å². The lowest BCUT2D eigenvalue weighted by atomic mass is 10.00. The molecule has 0 unspecified atom stereocenters. The first-order valence-corrected chi connectivity index (χ1v) is 12.6. The molecule has 0 N–H and O–H groups in total. The minimum atomic E-state index is 0. The molecule has 2 aromatic heterocycles. The van der Waals surface area contributed by atoms with Crippen LogP contribution in [0.1, 0.15) is 79.6 Å². The molecule has 0 bridgehead atoms. The van der Waals surface area contributed by atoms with Crippen LogP contribution in [0, 0.1) is 5.92 Å². The molecule has 0 radical (unpaired) electrons. The predicted octanol–water partition coefficient (Wildman–Crippen LogP) is 6.99. The summed E-state index contributed by atoms with van der Waals surface area (Å²) in [6.45, 7) is 8.16. The van der Waals surface area contributed by atoms with Crippen LogP contribution >= 0.6 is 12.4 Å². The molecule has 1 fully saturated rings. The number of aryl methyl sites for hydroxylation is 2. The first kappa shape index (κ1) is 25.5. The summed E-state index contributed by atoms with van der Waals surface area (Å²) in [6.07, 6.45) is 11.5. The number of carbonyl (C=O) groups is 1. The van der Waals surface area contributed by atoms with Gasteiger partial charge in [0.15, 0.2) is 0 Å². The van der Waals surface area contributed by atoms with Crippen LogP contribution < -0.4 is 0 Å². The maximum absolute atomic E-state index is 13.5. The van der Waals surface area contributed by atoms with Crippen molar-refractivity contribution in [2.75, 3.05) is 19.6 Å². The first-order chi connectivity index (χ1) is 15.7. The molecule has 2 heterocycles. The normalized spacial score (nSPS) is 13.4. The fourth-order valence-corrected chi connectivity index (χ4v) is 4.73. The van der Waals surface area contributed by atoms with Gasteiger partial charge in [-0.25, -0.2) is 0 Å². The van der Waals surface area contributed by atoms with Gasteiger partial charge in [-0.05, 0) is 93.3 Å². The Bertz CT molecular complexity index is 1020.